The van der Waals surface area contributed by atoms with Crippen LogP contribution in [0, 0.1) is 6.92 Å². The molecular formula is C20H17N5O3. The van der Waals surface area contributed by atoms with Crippen LogP contribution in [0.5, 0.6) is 0 Å². The quantitative estimate of drug-likeness (QED) is 0.505. The minimum absolute atomic E-state index is 0.194. The normalized spacial score (nSPS) is 14.0. The Morgan fingerprint density at radius 2 is 2.14 bits per heavy atom. The highest BCUT2D eigenvalue weighted by atomic mass is 16.4. The Morgan fingerprint density at radius 3 is 2.86 bits per heavy atom. The van der Waals surface area contributed by atoms with Crippen LogP contribution in [0.4, 0.5) is 5.82 Å². The summed E-state index contributed by atoms with van der Waals surface area (Å²) in [6.45, 7) is 1.94. The van der Waals surface area contributed by atoms with Gasteiger partial charge in [0.25, 0.3) is 5.56 Å². The molecule has 0 radical (unpaired) electrons. The van der Waals surface area contributed by atoms with E-state index in [0.717, 1.165) is 46.0 Å². The van der Waals surface area contributed by atoms with Crippen molar-refractivity contribution in [2.75, 3.05) is 5.73 Å². The van der Waals surface area contributed by atoms with E-state index in [4.69, 9.17) is 5.73 Å². The molecule has 4 aromatic heterocycles. The average molecular weight is 375 g/mol. The van der Waals surface area contributed by atoms with E-state index >= 15 is 0 Å². The van der Waals surface area contributed by atoms with Gasteiger partial charge < -0.3 is 10.8 Å². The summed E-state index contributed by atoms with van der Waals surface area (Å²) >= 11 is 0. The van der Waals surface area contributed by atoms with Gasteiger partial charge in [-0.05, 0) is 60.6 Å². The Bertz CT molecular complexity index is 1350. The molecule has 0 saturated heterocycles. The number of pyridine rings is 3. The van der Waals surface area contributed by atoms with Crippen molar-refractivity contribution in [2.24, 2.45) is 0 Å². The van der Waals surface area contributed by atoms with Crippen molar-refractivity contribution in [3.05, 3.63) is 57.6 Å². The molecule has 8 nitrogen and oxygen atoms in total. The lowest BCUT2D eigenvalue weighted by molar-refractivity contribution is 0.0694. The van der Waals surface area contributed by atoms with E-state index in [1.54, 1.807) is 18.5 Å². The predicted octanol–water partition coefficient (Wildman–Crippen LogP) is 2.70. The van der Waals surface area contributed by atoms with Crippen LogP contribution >= 0.6 is 0 Å². The third-order valence-electron chi connectivity index (χ3n) is 5.41. The second kappa shape index (κ2) is 5.66. The van der Waals surface area contributed by atoms with Crippen LogP contribution < -0.4 is 11.3 Å². The maximum atomic E-state index is 12.7. The zero-order valence-electron chi connectivity index (χ0n) is 15.1. The summed E-state index contributed by atoms with van der Waals surface area (Å²) < 4.78 is 1.45. The van der Waals surface area contributed by atoms with Gasteiger partial charge in [-0.25, -0.2) is 9.78 Å². The van der Waals surface area contributed by atoms with Crippen LogP contribution in [-0.4, -0.2) is 30.7 Å². The minimum atomic E-state index is -1.20. The standard InChI is InChI=1S/C20H17N5O3/c1-9-12(11-6-14-17(21)23-24-18(14)22-8-11)4-5-25-16(9)13(10-2-3-10)7-15(19(25)26)20(27)28/h4-8,10H,2-3H2,1H3,(H,27,28)(H3,21,22,23,24). The van der Waals surface area contributed by atoms with E-state index in [2.05, 4.69) is 15.2 Å². The van der Waals surface area contributed by atoms with E-state index in [-0.39, 0.29) is 11.5 Å². The lowest BCUT2D eigenvalue weighted by atomic mass is 9.97. The zero-order chi connectivity index (χ0) is 19.6. The Hall–Kier alpha value is -3.68. The third-order valence-corrected chi connectivity index (χ3v) is 5.41. The number of nitrogen functional groups attached to an aromatic ring is 1. The minimum Gasteiger partial charge on any atom is -0.477 e. The number of rotatable bonds is 3. The summed E-state index contributed by atoms with van der Waals surface area (Å²) in [6, 6.07) is 5.27. The van der Waals surface area contributed by atoms with Crippen LogP contribution in [0.15, 0.2) is 35.4 Å². The van der Waals surface area contributed by atoms with Crippen molar-refractivity contribution < 1.29 is 9.90 Å². The molecule has 8 heteroatoms. The van der Waals surface area contributed by atoms with Gasteiger partial charge in [0.1, 0.15) is 11.4 Å². The van der Waals surface area contributed by atoms with Gasteiger partial charge in [0.15, 0.2) is 5.65 Å². The smallest absolute Gasteiger partial charge is 0.341 e. The SMILES string of the molecule is Cc1c(-c2cnc3n[nH]c(N)c3c2)ccn2c(=O)c(C(=O)O)cc(C3CC3)c12. The maximum Gasteiger partial charge on any atom is 0.341 e. The number of fused-ring (bicyclic) bond motifs is 2. The second-order valence-corrected chi connectivity index (χ2v) is 7.20. The molecule has 1 aliphatic rings. The molecule has 4 heterocycles. The number of hydrogen-bond acceptors (Lipinski definition) is 5. The average Bonchev–Trinajstić information content (AvgIpc) is 3.46. The van der Waals surface area contributed by atoms with E-state index < -0.39 is 11.5 Å². The first-order chi connectivity index (χ1) is 13.5. The second-order valence-electron chi connectivity index (χ2n) is 7.20. The molecule has 0 atom stereocenters. The largest absolute Gasteiger partial charge is 0.477 e. The molecule has 4 N–H and O–H groups in total. The molecule has 28 heavy (non-hydrogen) atoms. The van der Waals surface area contributed by atoms with Crippen LogP contribution in [0.3, 0.4) is 0 Å². The first-order valence-electron chi connectivity index (χ1n) is 8.98. The molecule has 0 spiro atoms. The number of aromatic carboxylic acids is 1. The Labute approximate surface area is 158 Å². The van der Waals surface area contributed by atoms with Gasteiger partial charge in [-0.1, -0.05) is 0 Å². The topological polar surface area (TPSA) is 126 Å². The summed E-state index contributed by atoms with van der Waals surface area (Å²) in [5.41, 5.74) is 10.1. The molecule has 0 aromatic carbocycles. The van der Waals surface area contributed by atoms with Gasteiger partial charge in [0.05, 0.1) is 10.9 Å². The fourth-order valence-electron chi connectivity index (χ4n) is 3.83. The molecule has 1 saturated carbocycles. The number of nitrogens with one attached hydrogen (secondary N) is 1. The van der Waals surface area contributed by atoms with Gasteiger partial charge in [-0.3, -0.25) is 14.3 Å². The lowest BCUT2D eigenvalue weighted by Crippen LogP contribution is -2.23. The molecule has 1 fully saturated rings. The van der Waals surface area contributed by atoms with E-state index in [1.165, 1.54) is 4.40 Å². The highest BCUT2D eigenvalue weighted by molar-refractivity contribution is 5.91. The molecule has 140 valence electrons. The van der Waals surface area contributed by atoms with Gasteiger partial charge >= 0.3 is 5.97 Å². The number of aromatic nitrogens is 4. The van der Waals surface area contributed by atoms with Gasteiger partial charge in [-0.15, -0.1) is 0 Å². The van der Waals surface area contributed by atoms with Crippen LogP contribution in [-0.2, 0) is 0 Å². The molecule has 0 unspecified atom stereocenters. The van der Waals surface area contributed by atoms with E-state index in [0.29, 0.717) is 11.5 Å². The number of carboxylic acids is 1. The maximum absolute atomic E-state index is 12.7. The number of nitrogens with two attached hydrogens (primary N) is 1. The highest BCUT2D eigenvalue weighted by Crippen LogP contribution is 2.43. The van der Waals surface area contributed by atoms with Crippen molar-refractivity contribution >= 4 is 28.3 Å². The molecule has 0 aliphatic heterocycles. The number of H-pyrrole nitrogens is 1. The molecule has 1 aliphatic carbocycles. The van der Waals surface area contributed by atoms with Crippen molar-refractivity contribution in [1.82, 2.24) is 19.6 Å². The number of nitrogens with zero attached hydrogens (tertiary/aromatic N) is 3. The number of hydrogen-bond donors (Lipinski definition) is 3. The van der Waals surface area contributed by atoms with Crippen LogP contribution in [0.1, 0.15) is 40.2 Å². The number of carbonyl (C=O) groups is 1. The number of aryl methyl sites for hydroxylation is 1. The Kier molecular flexibility index (Phi) is 3.33. The summed E-state index contributed by atoms with van der Waals surface area (Å²) in [5, 5.41) is 16.9. The summed E-state index contributed by atoms with van der Waals surface area (Å²) in [7, 11) is 0. The molecule has 5 rings (SSSR count). The fourth-order valence-corrected chi connectivity index (χ4v) is 3.83. The Morgan fingerprint density at radius 1 is 1.36 bits per heavy atom. The number of aromatic amines is 1. The molecule has 0 amide bonds. The van der Waals surface area contributed by atoms with Crippen molar-refractivity contribution in [2.45, 2.75) is 25.7 Å². The highest BCUT2D eigenvalue weighted by Gasteiger charge is 2.29. The van der Waals surface area contributed by atoms with Gasteiger partial charge in [-0.2, -0.15) is 5.10 Å². The fraction of sp³-hybridized carbons (Fsp3) is 0.200. The summed E-state index contributed by atoms with van der Waals surface area (Å²) in [4.78, 5) is 28.6. The van der Waals surface area contributed by atoms with Crippen LogP contribution in [0.25, 0.3) is 27.7 Å². The van der Waals surface area contributed by atoms with Crippen molar-refractivity contribution in [1.29, 1.82) is 0 Å². The van der Waals surface area contributed by atoms with E-state index in [9.17, 15) is 14.7 Å². The Balaban J connectivity index is 1.82. The van der Waals surface area contributed by atoms with Gasteiger partial charge in [0, 0.05) is 18.0 Å². The molecular weight excluding hydrogens is 358 g/mol. The lowest BCUT2D eigenvalue weighted by Gasteiger charge is -2.15. The summed E-state index contributed by atoms with van der Waals surface area (Å²) in [6.07, 6.45) is 5.36. The first kappa shape index (κ1) is 16.5. The first-order valence-corrected chi connectivity index (χ1v) is 8.98. The van der Waals surface area contributed by atoms with E-state index in [1.807, 2.05) is 19.1 Å². The monoisotopic (exact) mass is 375 g/mol. The van der Waals surface area contributed by atoms with Crippen LogP contribution in [0.2, 0.25) is 0 Å². The molecule has 4 aromatic rings. The number of carboxylic acid groups (broad SMARTS) is 1. The zero-order valence-corrected chi connectivity index (χ0v) is 15.1. The third kappa shape index (κ3) is 2.31. The van der Waals surface area contributed by atoms with Gasteiger partial charge in [0.2, 0.25) is 0 Å². The summed E-state index contributed by atoms with van der Waals surface area (Å²) in [5.74, 6) is -0.468. The number of anilines is 1. The van der Waals surface area contributed by atoms with Crippen molar-refractivity contribution in [3.63, 3.8) is 0 Å². The predicted molar refractivity (Wildman–Crippen MR) is 105 cm³/mol. The van der Waals surface area contributed by atoms with Crippen molar-refractivity contribution in [3.8, 4) is 11.1 Å². The molecule has 0 bridgehead atoms.